The van der Waals surface area contributed by atoms with Crippen molar-refractivity contribution in [2.24, 2.45) is 0 Å². The molecule has 0 aliphatic carbocycles. The van der Waals surface area contributed by atoms with Gasteiger partial charge in [-0.2, -0.15) is 0 Å². The third kappa shape index (κ3) is 1.66. The molecule has 2 rings (SSSR count). The van der Waals surface area contributed by atoms with Crippen molar-refractivity contribution in [2.45, 2.75) is 0 Å². The highest BCUT2D eigenvalue weighted by Gasteiger charge is 2.03. The number of benzene rings is 1. The molecular formula is C9H4BrCl2N. The molecule has 0 saturated carbocycles. The Labute approximate surface area is 93.8 Å². The number of aromatic nitrogens is 1. The van der Waals surface area contributed by atoms with Gasteiger partial charge in [0.05, 0.1) is 5.02 Å². The number of hydrogen-bond acceptors (Lipinski definition) is 1. The summed E-state index contributed by atoms with van der Waals surface area (Å²) in [6.07, 6.45) is 1.67. The van der Waals surface area contributed by atoms with E-state index in [9.17, 15) is 0 Å². The van der Waals surface area contributed by atoms with E-state index in [4.69, 9.17) is 23.2 Å². The lowest BCUT2D eigenvalue weighted by molar-refractivity contribution is 1.36. The molecule has 0 aliphatic rings. The lowest BCUT2D eigenvalue weighted by Crippen LogP contribution is -1.80. The Kier molecular flexibility index (Phi) is 2.45. The number of fused-ring (bicyclic) bond motifs is 1. The maximum atomic E-state index is 5.98. The first-order valence-corrected chi connectivity index (χ1v) is 5.12. The van der Waals surface area contributed by atoms with Crippen molar-refractivity contribution < 1.29 is 0 Å². The third-order valence-corrected chi connectivity index (χ3v) is 2.99. The smallest absolute Gasteiger partial charge is 0.129 e. The van der Waals surface area contributed by atoms with Crippen LogP contribution in [0, 0.1) is 0 Å². The lowest BCUT2D eigenvalue weighted by atomic mass is 10.2. The van der Waals surface area contributed by atoms with Gasteiger partial charge in [0, 0.05) is 21.4 Å². The SMILES string of the molecule is Clc1cc2c(Br)ccc(Cl)c2cn1. The molecule has 0 bridgehead atoms. The Morgan fingerprint density at radius 1 is 1.15 bits per heavy atom. The summed E-state index contributed by atoms with van der Waals surface area (Å²) in [7, 11) is 0. The molecule has 0 fully saturated rings. The van der Waals surface area contributed by atoms with Gasteiger partial charge < -0.3 is 0 Å². The minimum Gasteiger partial charge on any atom is -0.244 e. The zero-order chi connectivity index (χ0) is 9.42. The maximum absolute atomic E-state index is 5.98. The van der Waals surface area contributed by atoms with Crippen molar-refractivity contribution in [3.8, 4) is 0 Å². The van der Waals surface area contributed by atoms with Gasteiger partial charge in [-0.25, -0.2) is 4.98 Å². The van der Waals surface area contributed by atoms with Crippen LogP contribution in [0.25, 0.3) is 10.8 Å². The van der Waals surface area contributed by atoms with Crippen molar-refractivity contribution in [1.82, 2.24) is 4.98 Å². The molecule has 0 saturated heterocycles. The average Bonchev–Trinajstić information content (AvgIpc) is 2.12. The molecule has 2 aromatic rings. The fourth-order valence-corrected chi connectivity index (χ4v) is 1.98. The van der Waals surface area contributed by atoms with Crippen molar-refractivity contribution in [2.75, 3.05) is 0 Å². The van der Waals surface area contributed by atoms with Crippen molar-refractivity contribution in [1.29, 1.82) is 0 Å². The van der Waals surface area contributed by atoms with Gasteiger partial charge >= 0.3 is 0 Å². The predicted octanol–water partition coefficient (Wildman–Crippen LogP) is 4.30. The Bertz CT molecular complexity index is 470. The van der Waals surface area contributed by atoms with E-state index in [1.165, 1.54) is 0 Å². The van der Waals surface area contributed by atoms with Gasteiger partial charge in [0.15, 0.2) is 0 Å². The van der Waals surface area contributed by atoms with Gasteiger partial charge in [-0.05, 0) is 18.2 Å². The Balaban J connectivity index is 2.92. The molecule has 0 atom stereocenters. The normalized spacial score (nSPS) is 10.7. The molecule has 1 aromatic heterocycles. The van der Waals surface area contributed by atoms with E-state index in [0.29, 0.717) is 10.2 Å². The molecule has 0 spiro atoms. The molecule has 66 valence electrons. The fraction of sp³-hybridized carbons (Fsp3) is 0. The quantitative estimate of drug-likeness (QED) is 0.654. The summed E-state index contributed by atoms with van der Waals surface area (Å²) in [5, 5.41) is 3.03. The highest BCUT2D eigenvalue weighted by atomic mass is 79.9. The Hall–Kier alpha value is -0.310. The van der Waals surface area contributed by atoms with Gasteiger partial charge in [-0.15, -0.1) is 0 Å². The second-order valence-electron chi connectivity index (χ2n) is 2.58. The Morgan fingerprint density at radius 3 is 2.69 bits per heavy atom. The monoisotopic (exact) mass is 275 g/mol. The minimum atomic E-state index is 0.468. The average molecular weight is 277 g/mol. The summed E-state index contributed by atoms with van der Waals surface area (Å²) in [5.41, 5.74) is 0. The first-order chi connectivity index (χ1) is 6.18. The zero-order valence-electron chi connectivity index (χ0n) is 6.39. The van der Waals surface area contributed by atoms with E-state index in [0.717, 1.165) is 15.2 Å². The van der Waals surface area contributed by atoms with E-state index in [1.54, 1.807) is 12.3 Å². The van der Waals surface area contributed by atoms with E-state index < -0.39 is 0 Å². The molecule has 1 nitrogen and oxygen atoms in total. The van der Waals surface area contributed by atoms with Crippen LogP contribution in [-0.4, -0.2) is 4.98 Å². The number of hydrogen-bond donors (Lipinski definition) is 0. The summed E-state index contributed by atoms with van der Waals surface area (Å²) in [4.78, 5) is 3.97. The number of pyridine rings is 1. The van der Waals surface area contributed by atoms with Gasteiger partial charge in [0.25, 0.3) is 0 Å². The second-order valence-corrected chi connectivity index (χ2v) is 4.23. The highest BCUT2D eigenvalue weighted by molar-refractivity contribution is 9.10. The zero-order valence-corrected chi connectivity index (χ0v) is 9.49. The van der Waals surface area contributed by atoms with Crippen LogP contribution in [0.3, 0.4) is 0 Å². The molecule has 1 heterocycles. The number of rotatable bonds is 0. The summed E-state index contributed by atoms with van der Waals surface area (Å²) in [6, 6.07) is 5.50. The molecule has 0 amide bonds. The molecule has 0 N–H and O–H groups in total. The van der Waals surface area contributed by atoms with Crippen LogP contribution in [0.1, 0.15) is 0 Å². The van der Waals surface area contributed by atoms with E-state index in [1.807, 2.05) is 12.1 Å². The standard InChI is InChI=1S/C9H4BrCl2N/c10-7-1-2-8(11)6-4-13-9(12)3-5(6)7/h1-4H. The maximum Gasteiger partial charge on any atom is 0.129 e. The van der Waals surface area contributed by atoms with Crippen LogP contribution in [0.2, 0.25) is 10.2 Å². The minimum absolute atomic E-state index is 0.468. The fourth-order valence-electron chi connectivity index (χ4n) is 1.14. The summed E-state index contributed by atoms with van der Waals surface area (Å²) in [6.45, 7) is 0. The lowest BCUT2D eigenvalue weighted by Gasteiger charge is -2.02. The molecular weight excluding hydrogens is 273 g/mol. The van der Waals surface area contributed by atoms with Crippen LogP contribution in [0.5, 0.6) is 0 Å². The summed E-state index contributed by atoms with van der Waals surface area (Å²) in [5.74, 6) is 0. The van der Waals surface area contributed by atoms with Crippen molar-refractivity contribution in [3.05, 3.63) is 39.0 Å². The van der Waals surface area contributed by atoms with Crippen LogP contribution >= 0.6 is 39.1 Å². The molecule has 1 aromatic carbocycles. The predicted molar refractivity (Wildman–Crippen MR) is 59.5 cm³/mol. The van der Waals surface area contributed by atoms with E-state index >= 15 is 0 Å². The molecule has 4 heteroatoms. The van der Waals surface area contributed by atoms with Gasteiger partial charge in [0.2, 0.25) is 0 Å². The van der Waals surface area contributed by atoms with Gasteiger partial charge in [-0.1, -0.05) is 39.1 Å². The molecule has 0 aliphatic heterocycles. The first-order valence-electron chi connectivity index (χ1n) is 3.58. The summed E-state index contributed by atoms with van der Waals surface area (Å²) < 4.78 is 0.969. The van der Waals surface area contributed by atoms with Crippen LogP contribution < -0.4 is 0 Å². The first kappa shape index (κ1) is 9.25. The molecule has 0 unspecified atom stereocenters. The van der Waals surface area contributed by atoms with Crippen molar-refractivity contribution >= 4 is 49.9 Å². The molecule has 13 heavy (non-hydrogen) atoms. The highest BCUT2D eigenvalue weighted by Crippen LogP contribution is 2.30. The second kappa shape index (κ2) is 3.45. The third-order valence-electron chi connectivity index (χ3n) is 1.76. The van der Waals surface area contributed by atoms with Crippen LogP contribution in [0.15, 0.2) is 28.9 Å². The Morgan fingerprint density at radius 2 is 1.92 bits per heavy atom. The largest absolute Gasteiger partial charge is 0.244 e. The van der Waals surface area contributed by atoms with Gasteiger partial charge in [0.1, 0.15) is 5.15 Å². The number of halogens is 3. The van der Waals surface area contributed by atoms with Crippen LogP contribution in [-0.2, 0) is 0 Å². The topological polar surface area (TPSA) is 12.9 Å². The van der Waals surface area contributed by atoms with E-state index in [-0.39, 0.29) is 0 Å². The van der Waals surface area contributed by atoms with Gasteiger partial charge in [-0.3, -0.25) is 0 Å². The molecule has 0 radical (unpaired) electrons. The summed E-state index contributed by atoms with van der Waals surface area (Å²) >= 11 is 15.2. The van der Waals surface area contributed by atoms with E-state index in [2.05, 4.69) is 20.9 Å². The van der Waals surface area contributed by atoms with Crippen molar-refractivity contribution in [3.63, 3.8) is 0 Å². The van der Waals surface area contributed by atoms with Crippen LogP contribution in [0.4, 0.5) is 0 Å². The number of nitrogens with zero attached hydrogens (tertiary/aromatic N) is 1.